The smallest absolute Gasteiger partial charge is 0.0654 e. The van der Waals surface area contributed by atoms with E-state index in [1.807, 2.05) is 21.2 Å². The molecule has 0 radical (unpaired) electrons. The van der Waals surface area contributed by atoms with Crippen LogP contribution in [0.25, 0.3) is 0 Å². The lowest BCUT2D eigenvalue weighted by molar-refractivity contribution is 0.532. The Hall–Kier alpha value is 1.14. The Bertz CT molecular complexity index is 113. The predicted molar refractivity (Wildman–Crippen MR) is 59.3 cm³/mol. The zero-order valence-electron chi connectivity index (χ0n) is 6.59. The van der Waals surface area contributed by atoms with E-state index in [0.29, 0.717) is 6.16 Å². The molecule has 1 unspecified atom stereocenters. The topological polar surface area (TPSA) is 26.3 Å². The maximum absolute atomic E-state index is 10.9. The second-order valence-electron chi connectivity index (χ2n) is 2.25. The van der Waals surface area contributed by atoms with Crippen molar-refractivity contribution in [2.45, 2.75) is 32.6 Å². The summed E-state index contributed by atoms with van der Waals surface area (Å²) in [6.07, 6.45) is 5.37. The van der Waals surface area contributed by atoms with Gasteiger partial charge in [0.2, 0.25) is 0 Å². The van der Waals surface area contributed by atoms with Gasteiger partial charge < -0.3 is 0 Å². The first-order valence-electron chi connectivity index (χ1n) is 3.71. The summed E-state index contributed by atoms with van der Waals surface area (Å²) in [6.45, 7) is 2.16. The fraction of sp³-hybridized carbons (Fsp3) is 1.00. The van der Waals surface area contributed by atoms with Crippen molar-refractivity contribution >= 4 is 38.4 Å². The van der Waals surface area contributed by atoms with E-state index in [9.17, 15) is 4.57 Å². The Balaban J connectivity index is 3.04. The molecule has 0 aromatic heterocycles. The van der Waals surface area contributed by atoms with E-state index in [1.54, 1.807) is 0 Å². The minimum Gasteiger partial charge on any atom is -0.0654 e. The maximum Gasteiger partial charge on any atom is 0.521 e. The fourth-order valence-electron chi connectivity index (χ4n) is 0.736. The third-order valence-electron chi connectivity index (χ3n) is 1.31. The van der Waals surface area contributed by atoms with E-state index in [1.165, 1.54) is 19.3 Å². The molecule has 0 fully saturated rings. The Labute approximate surface area is 85.5 Å². The molecule has 5 heteroatoms. The van der Waals surface area contributed by atoms with Crippen LogP contribution in [0.15, 0.2) is 0 Å². The average Bonchev–Trinajstić information content (AvgIpc) is 1.99. The minimum absolute atomic E-state index is 0.714. The Kier molecular flexibility index (Phi) is 10.2. The van der Waals surface area contributed by atoms with Gasteiger partial charge in [-0.3, -0.25) is 0 Å². The predicted octanol–water partition coefficient (Wildman–Crippen LogP) is 4.32. The van der Waals surface area contributed by atoms with E-state index in [-0.39, 0.29) is 0 Å². The second kappa shape index (κ2) is 9.23. The van der Waals surface area contributed by atoms with Gasteiger partial charge in [-0.05, 0) is 17.4 Å². The normalized spacial score (nSPS) is 11.6. The molecule has 0 saturated carbocycles. The van der Waals surface area contributed by atoms with Crippen LogP contribution in [-0.2, 0) is 8.54 Å². The Morgan fingerprint density at radius 1 is 1.45 bits per heavy atom. The van der Waals surface area contributed by atoms with E-state index < -0.39 is 8.03 Å². The lowest BCUT2D eigenvalue weighted by Gasteiger charge is -1.89. The molecule has 0 aliphatic heterocycles. The molecule has 0 aromatic rings. The van der Waals surface area contributed by atoms with E-state index in [0.717, 1.165) is 15.6 Å². The van der Waals surface area contributed by atoms with Crippen molar-refractivity contribution in [2.24, 2.45) is 0 Å². The molecule has 0 aliphatic rings. The number of hydrogen-bond donors (Lipinski definition) is 0. The number of rotatable bonds is 7. The summed E-state index contributed by atoms with van der Waals surface area (Å²) in [5.41, 5.74) is 0. The highest BCUT2D eigenvalue weighted by Gasteiger charge is 2.15. The summed E-state index contributed by atoms with van der Waals surface area (Å²) in [5, 5.41) is 0. The summed E-state index contributed by atoms with van der Waals surface area (Å²) >= 11 is 1.98. The maximum atomic E-state index is 10.9. The molecule has 0 amide bonds. The van der Waals surface area contributed by atoms with Crippen molar-refractivity contribution in [3.8, 4) is 0 Å². The molecule has 0 heterocycles. The molecular formula is C6H13IO2PS+. The lowest BCUT2D eigenvalue weighted by Crippen LogP contribution is -1.79. The van der Waals surface area contributed by atoms with Gasteiger partial charge in [-0.2, -0.15) is 0 Å². The zero-order valence-corrected chi connectivity index (χ0v) is 10.5. The van der Waals surface area contributed by atoms with Gasteiger partial charge in [-0.1, -0.05) is 23.7 Å². The SMILES string of the molecule is CCCCCC[P+](=O)OSI. The molecule has 0 rings (SSSR count). The first-order valence-corrected chi connectivity index (χ1v) is 8.36. The van der Waals surface area contributed by atoms with Crippen LogP contribution in [0.1, 0.15) is 32.6 Å². The summed E-state index contributed by atoms with van der Waals surface area (Å²) in [5.74, 6) is 0. The standard InChI is InChI=1S/C6H13IO2PS/c1-2-3-4-5-6-10(8)9-11-7/h2-6H2,1H3/q+1. The second-order valence-corrected chi connectivity index (χ2v) is 5.17. The molecule has 0 N–H and O–H groups in total. The first kappa shape index (κ1) is 12.1. The van der Waals surface area contributed by atoms with Crippen molar-refractivity contribution in [3.05, 3.63) is 0 Å². The van der Waals surface area contributed by atoms with Crippen LogP contribution in [-0.4, -0.2) is 6.16 Å². The van der Waals surface area contributed by atoms with Crippen LogP contribution in [0, 0.1) is 0 Å². The van der Waals surface area contributed by atoms with Gasteiger partial charge in [0.25, 0.3) is 0 Å². The van der Waals surface area contributed by atoms with Gasteiger partial charge in [0.1, 0.15) is 9.21 Å². The van der Waals surface area contributed by atoms with Gasteiger partial charge >= 0.3 is 8.03 Å². The highest BCUT2D eigenvalue weighted by atomic mass is 127. The molecule has 2 nitrogen and oxygen atoms in total. The van der Waals surface area contributed by atoms with Crippen molar-refractivity contribution in [1.82, 2.24) is 0 Å². The largest absolute Gasteiger partial charge is 0.521 e. The first-order chi connectivity index (χ1) is 5.31. The van der Waals surface area contributed by atoms with E-state index >= 15 is 0 Å². The molecule has 0 spiro atoms. The summed E-state index contributed by atoms with van der Waals surface area (Å²) < 4.78 is 15.7. The molecule has 0 bridgehead atoms. The molecular weight excluding hydrogens is 294 g/mol. The lowest BCUT2D eigenvalue weighted by atomic mass is 10.2. The number of halogens is 1. The van der Waals surface area contributed by atoms with Crippen LogP contribution in [0.2, 0.25) is 0 Å². The Morgan fingerprint density at radius 3 is 2.73 bits per heavy atom. The molecule has 66 valence electrons. The third-order valence-corrected chi connectivity index (χ3v) is 4.32. The van der Waals surface area contributed by atoms with Gasteiger partial charge in [-0.25, -0.2) is 0 Å². The van der Waals surface area contributed by atoms with E-state index in [4.69, 9.17) is 3.97 Å². The third kappa shape index (κ3) is 9.05. The van der Waals surface area contributed by atoms with Crippen molar-refractivity contribution in [3.63, 3.8) is 0 Å². The van der Waals surface area contributed by atoms with E-state index in [2.05, 4.69) is 6.92 Å². The summed E-state index contributed by atoms with van der Waals surface area (Å²) in [6, 6.07) is 0. The average molecular weight is 307 g/mol. The molecule has 1 atom stereocenters. The summed E-state index contributed by atoms with van der Waals surface area (Å²) in [4.78, 5) is 0. The zero-order chi connectivity index (χ0) is 8.53. The Morgan fingerprint density at radius 2 is 2.18 bits per heavy atom. The molecule has 0 aromatic carbocycles. The molecule has 0 saturated heterocycles. The summed E-state index contributed by atoms with van der Waals surface area (Å²) in [7, 11) is -0.232. The highest BCUT2D eigenvalue weighted by Crippen LogP contribution is 2.33. The van der Waals surface area contributed by atoms with Crippen LogP contribution in [0.4, 0.5) is 0 Å². The van der Waals surface area contributed by atoms with Gasteiger partial charge in [0.15, 0.2) is 6.16 Å². The van der Waals surface area contributed by atoms with Crippen molar-refractivity contribution in [2.75, 3.05) is 6.16 Å². The van der Waals surface area contributed by atoms with Crippen LogP contribution in [0.3, 0.4) is 0 Å². The van der Waals surface area contributed by atoms with Gasteiger partial charge in [0, 0.05) is 21.2 Å². The van der Waals surface area contributed by atoms with Crippen LogP contribution in [0.5, 0.6) is 0 Å². The van der Waals surface area contributed by atoms with Gasteiger partial charge in [0.05, 0.1) is 0 Å². The minimum atomic E-state index is -1.39. The van der Waals surface area contributed by atoms with Crippen molar-refractivity contribution in [1.29, 1.82) is 0 Å². The molecule has 0 aliphatic carbocycles. The van der Waals surface area contributed by atoms with Crippen LogP contribution < -0.4 is 0 Å². The highest BCUT2D eigenvalue weighted by molar-refractivity contribution is 14.2. The van der Waals surface area contributed by atoms with Crippen molar-refractivity contribution < 1.29 is 8.54 Å². The fourth-order valence-corrected chi connectivity index (χ4v) is 3.38. The monoisotopic (exact) mass is 307 g/mol. The van der Waals surface area contributed by atoms with Gasteiger partial charge in [-0.15, -0.1) is 0 Å². The van der Waals surface area contributed by atoms with Crippen LogP contribution >= 0.6 is 38.4 Å². The number of unbranched alkanes of at least 4 members (excludes halogenated alkanes) is 3. The molecule has 11 heavy (non-hydrogen) atoms. The quantitative estimate of drug-likeness (QED) is 0.303. The number of hydrogen-bond acceptors (Lipinski definition) is 3.